The molecule has 21 heavy (non-hydrogen) atoms. The predicted octanol–water partition coefficient (Wildman–Crippen LogP) is 6.41. The molecule has 2 aromatic rings. The molecule has 1 aliphatic heterocycles. The van der Waals surface area contributed by atoms with Crippen molar-refractivity contribution in [3.05, 3.63) is 62.0 Å². The highest BCUT2D eigenvalue weighted by molar-refractivity contribution is 9.11. The summed E-state index contributed by atoms with van der Waals surface area (Å²) in [5.74, 6) is 1.01. The highest BCUT2D eigenvalue weighted by Gasteiger charge is 2.30. The summed E-state index contributed by atoms with van der Waals surface area (Å²) in [5.41, 5.74) is 3.64. The van der Waals surface area contributed by atoms with E-state index < -0.39 is 0 Å². The van der Waals surface area contributed by atoms with E-state index in [1.807, 2.05) is 6.07 Å². The van der Waals surface area contributed by atoms with Crippen LogP contribution in [0.15, 0.2) is 45.3 Å². The van der Waals surface area contributed by atoms with Gasteiger partial charge in [0.15, 0.2) is 0 Å². The number of hydrogen-bond donors (Lipinski definition) is 0. The molecule has 1 aliphatic rings. The molecule has 0 saturated carbocycles. The number of fused-ring (bicyclic) bond motifs is 1. The molecule has 1 heterocycles. The van der Waals surface area contributed by atoms with Crippen LogP contribution in [0.4, 0.5) is 0 Å². The van der Waals surface area contributed by atoms with Gasteiger partial charge in [0.2, 0.25) is 0 Å². The van der Waals surface area contributed by atoms with Crippen molar-refractivity contribution in [1.82, 2.24) is 0 Å². The number of benzene rings is 2. The van der Waals surface area contributed by atoms with E-state index in [2.05, 4.69) is 92.0 Å². The number of ether oxygens (including phenoxy) is 1. The van der Waals surface area contributed by atoms with Gasteiger partial charge in [-0.1, -0.05) is 59.9 Å². The standard InChI is InChI=1S/C17H15Br3O/c1-17(2)9-11-7-10(3-6-15(11)21-17)16(20)13-8-12(18)4-5-14(13)19/h3-8,16H,9H2,1-2H3. The molecule has 0 N–H and O–H groups in total. The van der Waals surface area contributed by atoms with Crippen molar-refractivity contribution in [2.45, 2.75) is 30.7 Å². The Morgan fingerprint density at radius 3 is 2.62 bits per heavy atom. The first-order valence-electron chi connectivity index (χ1n) is 6.76. The average molecular weight is 475 g/mol. The Morgan fingerprint density at radius 2 is 1.86 bits per heavy atom. The first-order chi connectivity index (χ1) is 9.85. The molecule has 0 spiro atoms. The Hall–Kier alpha value is -0.320. The van der Waals surface area contributed by atoms with Crippen molar-refractivity contribution in [3.63, 3.8) is 0 Å². The van der Waals surface area contributed by atoms with E-state index in [1.165, 1.54) is 16.7 Å². The Morgan fingerprint density at radius 1 is 1.10 bits per heavy atom. The van der Waals surface area contributed by atoms with Gasteiger partial charge in [-0.2, -0.15) is 0 Å². The second kappa shape index (κ2) is 5.71. The van der Waals surface area contributed by atoms with E-state index >= 15 is 0 Å². The van der Waals surface area contributed by atoms with Gasteiger partial charge in [-0.3, -0.25) is 0 Å². The summed E-state index contributed by atoms with van der Waals surface area (Å²) in [6, 6.07) is 12.7. The topological polar surface area (TPSA) is 9.23 Å². The van der Waals surface area contributed by atoms with Crippen LogP contribution in [0.25, 0.3) is 0 Å². The fourth-order valence-electron chi connectivity index (χ4n) is 2.68. The van der Waals surface area contributed by atoms with Crippen LogP contribution in [0.5, 0.6) is 5.75 Å². The normalized spacial score (nSPS) is 17.2. The third kappa shape index (κ3) is 3.22. The van der Waals surface area contributed by atoms with Crippen LogP contribution in [0, 0.1) is 0 Å². The quantitative estimate of drug-likeness (QED) is 0.457. The third-order valence-electron chi connectivity index (χ3n) is 3.61. The summed E-state index contributed by atoms with van der Waals surface area (Å²) in [6.45, 7) is 4.26. The third-order valence-corrected chi connectivity index (χ3v) is 5.85. The van der Waals surface area contributed by atoms with Gasteiger partial charge in [0.1, 0.15) is 11.4 Å². The number of alkyl halides is 1. The maximum Gasteiger partial charge on any atom is 0.123 e. The molecule has 2 aromatic carbocycles. The minimum atomic E-state index is -0.0981. The molecular formula is C17H15Br3O. The molecule has 1 nitrogen and oxygen atoms in total. The van der Waals surface area contributed by atoms with Gasteiger partial charge in [0.25, 0.3) is 0 Å². The maximum absolute atomic E-state index is 5.95. The van der Waals surface area contributed by atoms with Crippen LogP contribution >= 0.6 is 47.8 Å². The monoisotopic (exact) mass is 472 g/mol. The summed E-state index contributed by atoms with van der Waals surface area (Å²) < 4.78 is 8.13. The number of rotatable bonds is 2. The largest absolute Gasteiger partial charge is 0.487 e. The van der Waals surface area contributed by atoms with E-state index in [9.17, 15) is 0 Å². The first-order valence-corrected chi connectivity index (χ1v) is 9.27. The zero-order chi connectivity index (χ0) is 15.2. The number of hydrogen-bond acceptors (Lipinski definition) is 1. The lowest BCUT2D eigenvalue weighted by Crippen LogP contribution is -2.24. The molecule has 0 fully saturated rings. The lowest BCUT2D eigenvalue weighted by molar-refractivity contribution is 0.138. The second-order valence-electron chi connectivity index (χ2n) is 5.93. The maximum atomic E-state index is 5.95. The molecule has 0 saturated heterocycles. The Balaban J connectivity index is 1.97. The Kier molecular flexibility index (Phi) is 4.23. The van der Waals surface area contributed by atoms with Gasteiger partial charge >= 0.3 is 0 Å². The van der Waals surface area contributed by atoms with Crippen LogP contribution in [0.1, 0.15) is 35.4 Å². The summed E-state index contributed by atoms with van der Waals surface area (Å²) in [6.07, 6.45) is 0.954. The van der Waals surface area contributed by atoms with Gasteiger partial charge in [-0.25, -0.2) is 0 Å². The average Bonchev–Trinajstić information content (AvgIpc) is 2.73. The molecule has 0 bridgehead atoms. The summed E-state index contributed by atoms with van der Waals surface area (Å²) in [7, 11) is 0. The molecule has 0 amide bonds. The molecule has 1 unspecified atom stereocenters. The Labute approximate surface area is 150 Å². The molecule has 0 aliphatic carbocycles. The van der Waals surface area contributed by atoms with E-state index in [-0.39, 0.29) is 10.4 Å². The lowest BCUT2D eigenvalue weighted by Gasteiger charge is -2.16. The van der Waals surface area contributed by atoms with E-state index in [0.717, 1.165) is 21.1 Å². The number of halogens is 3. The molecule has 0 aromatic heterocycles. The van der Waals surface area contributed by atoms with Crippen molar-refractivity contribution >= 4 is 47.8 Å². The smallest absolute Gasteiger partial charge is 0.123 e. The Bertz CT molecular complexity index is 694. The van der Waals surface area contributed by atoms with Gasteiger partial charge in [-0.15, -0.1) is 0 Å². The summed E-state index contributed by atoms with van der Waals surface area (Å²) in [4.78, 5) is 0.151. The molecule has 4 heteroatoms. The molecule has 0 radical (unpaired) electrons. The van der Waals surface area contributed by atoms with Crippen molar-refractivity contribution < 1.29 is 4.74 Å². The molecule has 1 atom stereocenters. The first kappa shape index (κ1) is 15.6. The van der Waals surface area contributed by atoms with Crippen LogP contribution < -0.4 is 4.74 Å². The van der Waals surface area contributed by atoms with E-state index in [1.54, 1.807) is 0 Å². The molecule has 3 rings (SSSR count). The van der Waals surface area contributed by atoms with Crippen LogP contribution in [-0.4, -0.2) is 5.60 Å². The van der Waals surface area contributed by atoms with Gasteiger partial charge in [0.05, 0.1) is 4.83 Å². The van der Waals surface area contributed by atoms with E-state index in [0.29, 0.717) is 0 Å². The van der Waals surface area contributed by atoms with Crippen LogP contribution in [0.2, 0.25) is 0 Å². The second-order valence-corrected chi connectivity index (χ2v) is 8.62. The lowest BCUT2D eigenvalue weighted by atomic mass is 9.98. The fraction of sp³-hybridized carbons (Fsp3) is 0.294. The van der Waals surface area contributed by atoms with E-state index in [4.69, 9.17) is 4.74 Å². The van der Waals surface area contributed by atoms with Gasteiger partial charge in [-0.05, 0) is 54.8 Å². The van der Waals surface area contributed by atoms with Gasteiger partial charge in [0, 0.05) is 15.4 Å². The zero-order valence-corrected chi connectivity index (χ0v) is 16.5. The highest BCUT2D eigenvalue weighted by atomic mass is 79.9. The highest BCUT2D eigenvalue weighted by Crippen LogP contribution is 2.41. The fourth-order valence-corrected chi connectivity index (χ4v) is 4.50. The summed E-state index contributed by atoms with van der Waals surface area (Å²) >= 11 is 11.0. The zero-order valence-electron chi connectivity index (χ0n) is 11.8. The molecular weight excluding hydrogens is 460 g/mol. The SMILES string of the molecule is CC1(C)Cc2cc(C(Br)c3cc(Br)ccc3Br)ccc2O1. The molecule has 110 valence electrons. The summed E-state index contributed by atoms with van der Waals surface area (Å²) in [5, 5.41) is 0. The van der Waals surface area contributed by atoms with Crippen molar-refractivity contribution in [1.29, 1.82) is 0 Å². The minimum Gasteiger partial charge on any atom is -0.487 e. The van der Waals surface area contributed by atoms with Gasteiger partial charge < -0.3 is 4.74 Å². The van der Waals surface area contributed by atoms with Crippen molar-refractivity contribution in [2.75, 3.05) is 0 Å². The predicted molar refractivity (Wildman–Crippen MR) is 97.5 cm³/mol. The van der Waals surface area contributed by atoms with Crippen LogP contribution in [0.3, 0.4) is 0 Å². The van der Waals surface area contributed by atoms with Crippen molar-refractivity contribution in [2.24, 2.45) is 0 Å². The van der Waals surface area contributed by atoms with Crippen molar-refractivity contribution in [3.8, 4) is 5.75 Å². The van der Waals surface area contributed by atoms with Crippen LogP contribution in [-0.2, 0) is 6.42 Å². The minimum absolute atomic E-state index is 0.0981.